The van der Waals surface area contributed by atoms with Crippen LogP contribution in [0.5, 0.6) is 34.5 Å². The van der Waals surface area contributed by atoms with Gasteiger partial charge in [0.25, 0.3) is 11.8 Å². The highest BCUT2D eigenvalue weighted by molar-refractivity contribution is 6.27. The first-order chi connectivity index (χ1) is 56.3. The first kappa shape index (κ1) is 81.5. The Kier molecular flexibility index (Phi) is 25.9. The molecule has 8 aromatic rings. The van der Waals surface area contributed by atoms with Crippen molar-refractivity contribution in [2.75, 3.05) is 85.9 Å². The molecule has 5 amide bonds. The van der Waals surface area contributed by atoms with Crippen LogP contribution in [0.2, 0.25) is 0 Å². The summed E-state index contributed by atoms with van der Waals surface area (Å²) in [6, 6.07) is 39.5. The molecule has 0 aromatic heterocycles. The van der Waals surface area contributed by atoms with Crippen molar-refractivity contribution in [3.63, 3.8) is 0 Å². The molecule has 8 heterocycles. The maximum atomic E-state index is 14.3. The number of aromatic hydroxyl groups is 2. The number of fused-ring (bicyclic) bond motifs is 10. The van der Waals surface area contributed by atoms with Gasteiger partial charge in [-0.2, -0.15) is 0 Å². The predicted octanol–water partition coefficient (Wildman–Crippen LogP) is 16.4. The van der Waals surface area contributed by atoms with Crippen molar-refractivity contribution >= 4 is 91.9 Å². The number of anilines is 4. The van der Waals surface area contributed by atoms with Gasteiger partial charge >= 0.3 is 18.2 Å². The maximum absolute atomic E-state index is 14.3. The summed E-state index contributed by atoms with van der Waals surface area (Å²) in [6.45, 7) is 15.3. The van der Waals surface area contributed by atoms with E-state index < -0.39 is 55.3 Å². The van der Waals surface area contributed by atoms with Crippen LogP contribution in [0.15, 0.2) is 159 Å². The molecule has 0 spiro atoms. The van der Waals surface area contributed by atoms with Crippen molar-refractivity contribution in [3.8, 4) is 34.5 Å². The van der Waals surface area contributed by atoms with Crippen molar-refractivity contribution < 1.29 is 91.5 Å². The van der Waals surface area contributed by atoms with Crippen molar-refractivity contribution in [1.29, 1.82) is 0 Å². The van der Waals surface area contributed by atoms with E-state index in [1.807, 2.05) is 78.9 Å². The summed E-state index contributed by atoms with van der Waals surface area (Å²) in [5.41, 5.74) is 8.12. The fourth-order valence-corrected chi connectivity index (χ4v) is 17.5. The van der Waals surface area contributed by atoms with Crippen LogP contribution in [0.4, 0.5) is 32.3 Å². The summed E-state index contributed by atoms with van der Waals surface area (Å²) in [5.74, 6) is 0.770. The minimum atomic E-state index is -0.926. The second-order valence-electron chi connectivity index (χ2n) is 30.3. The second-order valence-corrected chi connectivity index (χ2v) is 30.8. The average Bonchev–Trinajstić information content (AvgIpc) is 1.60. The topological polar surface area (TPSA) is 275 Å². The molecule has 26 heteroatoms. The van der Waals surface area contributed by atoms with Gasteiger partial charge < -0.3 is 77.4 Å². The number of carbonyl (C=O) groups excluding carboxylic acids is 5. The minimum absolute atomic E-state index is 0.0220. The third-order valence-corrected chi connectivity index (χ3v) is 22.8. The lowest BCUT2D eigenvalue weighted by molar-refractivity contribution is -0.199. The highest BCUT2D eigenvalue weighted by Gasteiger charge is 2.49. The number of ether oxygens (including phenoxy) is 10. The van der Waals surface area contributed by atoms with Crippen LogP contribution in [-0.4, -0.2) is 165 Å². The number of hydrogen-bond acceptors (Lipinski definition) is 19. The summed E-state index contributed by atoms with van der Waals surface area (Å²) in [4.78, 5) is 89.4. The number of nitrogens with zero attached hydrogens (tertiary/aromatic N) is 6. The molecule has 0 saturated carbocycles. The van der Waals surface area contributed by atoms with Crippen LogP contribution < -0.4 is 38.1 Å². The van der Waals surface area contributed by atoms with Crippen LogP contribution in [0, 0.1) is 0 Å². The SMILES string of the molecule is C=CCOC(=O)N1c2cc(OCc3cccc(CC(=O)N4C[C@@H](C)c5c4cc(O)c4ccccc54)c3)c(OC)cc2C(=O)N2CCCC[C@H]2C1OC1CCCCO1.C=CCOC(=O)N1c2cc(OCc3cccc(CC(=O)O)c3)c(OC)cc2C(=O)N2CCCC[C@H]2C1OC1CCCCO1.C[C@@H]1CN(Cl)c2cc(O)c3ccccc3c21. The number of phenols is 2. The van der Waals surface area contributed by atoms with Crippen LogP contribution in [0.3, 0.4) is 0 Å². The van der Waals surface area contributed by atoms with Crippen molar-refractivity contribution in [3.05, 3.63) is 203 Å². The number of rotatable bonds is 20. The third kappa shape index (κ3) is 17.5. The van der Waals surface area contributed by atoms with Gasteiger partial charge in [0.1, 0.15) is 37.9 Å². The van der Waals surface area contributed by atoms with Crippen molar-refractivity contribution in [2.45, 2.75) is 166 Å². The van der Waals surface area contributed by atoms with E-state index in [0.29, 0.717) is 104 Å². The zero-order valence-electron chi connectivity index (χ0n) is 65.8. The molecule has 4 saturated heterocycles. The highest BCUT2D eigenvalue weighted by atomic mass is 35.5. The Balaban J connectivity index is 0.000000164. The molecule has 8 aromatic carbocycles. The number of piperidine rings is 2. The van der Waals surface area contributed by atoms with Gasteiger partial charge in [0.2, 0.25) is 5.91 Å². The Morgan fingerprint density at radius 1 is 0.509 bits per heavy atom. The molecule has 8 aliphatic heterocycles. The Morgan fingerprint density at radius 3 is 1.41 bits per heavy atom. The number of carbonyl (C=O) groups is 6. The monoisotopic (exact) mass is 1600 g/mol. The summed E-state index contributed by atoms with van der Waals surface area (Å²) in [7, 11) is 2.99. The summed E-state index contributed by atoms with van der Waals surface area (Å²) in [5, 5.41) is 33.7. The molecule has 116 heavy (non-hydrogen) atoms. The van der Waals surface area contributed by atoms with E-state index >= 15 is 0 Å². The molecule has 4 fully saturated rings. The lowest BCUT2D eigenvalue weighted by atomic mass is 9.95. The van der Waals surface area contributed by atoms with E-state index in [1.54, 1.807) is 73.7 Å². The minimum Gasteiger partial charge on any atom is -0.507 e. The Morgan fingerprint density at radius 2 is 0.948 bits per heavy atom. The summed E-state index contributed by atoms with van der Waals surface area (Å²) < 4.78 is 61.9. The molecular weight excluding hydrogens is 1500 g/mol. The largest absolute Gasteiger partial charge is 0.507 e. The first-order valence-electron chi connectivity index (χ1n) is 39.9. The van der Waals surface area contributed by atoms with E-state index in [2.05, 4.69) is 27.0 Å². The first-order valence-corrected chi connectivity index (χ1v) is 40.3. The highest BCUT2D eigenvalue weighted by Crippen LogP contribution is 2.49. The Labute approximate surface area is 679 Å². The number of halogens is 1. The van der Waals surface area contributed by atoms with Gasteiger partial charge in [0.05, 0.1) is 73.0 Å². The molecule has 8 atom stereocenters. The zero-order valence-corrected chi connectivity index (χ0v) is 66.6. The van der Waals surface area contributed by atoms with Crippen LogP contribution in [0.1, 0.15) is 157 Å². The van der Waals surface area contributed by atoms with E-state index in [1.165, 1.54) is 41.7 Å². The lowest BCUT2D eigenvalue weighted by Crippen LogP contribution is -2.57. The van der Waals surface area contributed by atoms with E-state index in [4.69, 9.17) is 59.1 Å². The van der Waals surface area contributed by atoms with Gasteiger partial charge in [-0.1, -0.05) is 136 Å². The smallest absolute Gasteiger partial charge is 0.416 e. The van der Waals surface area contributed by atoms with Crippen LogP contribution in [0.25, 0.3) is 21.5 Å². The van der Waals surface area contributed by atoms with Gasteiger partial charge in [-0.05, 0) is 133 Å². The van der Waals surface area contributed by atoms with Gasteiger partial charge in [-0.3, -0.25) is 23.6 Å². The molecule has 610 valence electrons. The van der Waals surface area contributed by atoms with Gasteiger partial charge in [0.15, 0.2) is 48.0 Å². The zero-order chi connectivity index (χ0) is 81.3. The quantitative estimate of drug-likeness (QED) is 0.0472. The number of methoxy groups -OCH3 is 2. The fourth-order valence-electron chi connectivity index (χ4n) is 17.1. The number of hydrogen-bond donors (Lipinski definition) is 3. The molecule has 0 radical (unpaired) electrons. The molecule has 0 bridgehead atoms. The standard InChI is InChI=1S/C45H49N3O9.C32H38N2O9.C13H12ClNO/c1-4-19-55-45(52)48-35-25-39(38(53-3)23-33(35)43(51)46-18-9-7-16-34(46)44(48)57-41-17-8-10-20-54-41)56-27-30-13-11-12-29(21-30)22-40(50)47-26-28(2)42-32-15-6-5-14-31(32)37(49)24-36(42)47;1-3-14-41-32(38)34-25-19-27(42-20-22-10-8-9-21(16-22)17-28(35)36)26(39-2)18-23(25)30(37)33-13-6-4-11-24(33)31(34)43-29-12-5-7-15-40-29;1-8-7-15(14)11-6-12(16)9-4-2-3-5-10(9)13(8)11/h4-6,11-15,21,23-25,28,34,41,44,49H,1,7-10,16-20,22,26-27H2,2-3H3;3,8-10,16,18-19,24,29,31H,1,4-7,11-15,17,20H2,2H3,(H,35,36);2-6,8,16H,7H2,1H3/t28-,34+,41?,44?;24-,29?,31?;8-/m101/s1. The second kappa shape index (κ2) is 36.8. The number of benzene rings is 8. The number of carboxylic acid groups (broad SMARTS) is 1. The number of phenolic OH excluding ortho intramolecular Hbond substituents is 2. The lowest BCUT2D eigenvalue weighted by Gasteiger charge is -2.42. The summed E-state index contributed by atoms with van der Waals surface area (Å²) >= 11 is 6.13. The molecule has 25 nitrogen and oxygen atoms in total. The normalized spacial score (nSPS) is 21.3. The summed E-state index contributed by atoms with van der Waals surface area (Å²) in [6.07, 6.45) is 8.67. The van der Waals surface area contributed by atoms with E-state index in [-0.39, 0.29) is 85.5 Å². The Bertz CT molecular complexity index is 4990. The van der Waals surface area contributed by atoms with E-state index in [9.17, 15) is 44.1 Å². The Hall–Kier alpha value is -11.1. The number of carboxylic acids is 1. The van der Waals surface area contributed by atoms with Crippen LogP contribution in [-0.2, 0) is 64.1 Å². The maximum Gasteiger partial charge on any atom is 0.416 e. The van der Waals surface area contributed by atoms with E-state index in [0.717, 1.165) is 113 Å². The molecule has 4 unspecified atom stereocenters. The van der Waals surface area contributed by atoms with Gasteiger partial charge in [-0.15, -0.1) is 0 Å². The van der Waals surface area contributed by atoms with Crippen molar-refractivity contribution in [1.82, 2.24) is 9.80 Å². The molecular formula is C90H99ClN6O19. The van der Waals surface area contributed by atoms with Gasteiger partial charge in [-0.25, -0.2) is 19.4 Å². The third-order valence-electron chi connectivity index (χ3n) is 22.5. The van der Waals surface area contributed by atoms with Crippen LogP contribution >= 0.6 is 11.8 Å². The number of amides is 5. The molecule has 3 N–H and O–H groups in total. The molecule has 16 rings (SSSR count). The van der Waals surface area contributed by atoms with Crippen molar-refractivity contribution in [2.24, 2.45) is 0 Å². The fraction of sp³-hybridized carbons (Fsp3) is 0.400. The average molecular weight is 1600 g/mol. The predicted molar refractivity (Wildman–Crippen MR) is 439 cm³/mol. The molecule has 8 aliphatic rings. The number of aliphatic carboxylic acids is 1. The van der Waals surface area contributed by atoms with Gasteiger partial charge in [0, 0.05) is 98.0 Å². The molecule has 0 aliphatic carbocycles.